The monoisotopic (exact) mass is 280 g/mol. The molecule has 2 aromatic rings. The van der Waals surface area contributed by atoms with Crippen LogP contribution in [0.1, 0.15) is 49.9 Å². The minimum Gasteiger partial charge on any atom is -0.357 e. The Hall–Kier alpha value is -1.28. The van der Waals surface area contributed by atoms with Crippen molar-refractivity contribution in [2.75, 3.05) is 6.54 Å². The zero-order valence-electron chi connectivity index (χ0n) is 12.8. The lowest BCUT2D eigenvalue weighted by molar-refractivity contribution is 0.148. The first-order chi connectivity index (χ1) is 10.3. The molecule has 3 aliphatic rings. The molecule has 1 aliphatic carbocycles. The van der Waals surface area contributed by atoms with Gasteiger partial charge < -0.3 is 4.98 Å². The van der Waals surface area contributed by atoms with Crippen molar-refractivity contribution in [3.63, 3.8) is 0 Å². The molecule has 1 aromatic heterocycles. The van der Waals surface area contributed by atoms with Crippen molar-refractivity contribution in [3.05, 3.63) is 35.5 Å². The number of hydrogen-bond donors (Lipinski definition) is 1. The van der Waals surface area contributed by atoms with Gasteiger partial charge in [-0.2, -0.15) is 0 Å². The topological polar surface area (TPSA) is 19.0 Å². The zero-order valence-corrected chi connectivity index (χ0v) is 12.8. The number of rotatable bonds is 0. The highest BCUT2D eigenvalue weighted by molar-refractivity contribution is 5.85. The van der Waals surface area contributed by atoms with Crippen LogP contribution in [0.25, 0.3) is 10.9 Å². The van der Waals surface area contributed by atoms with Gasteiger partial charge >= 0.3 is 0 Å². The first-order valence-electron chi connectivity index (χ1n) is 8.68. The molecule has 0 bridgehead atoms. The average Bonchev–Trinajstić information content (AvgIpc) is 3.06. The average molecular weight is 280 g/mol. The summed E-state index contributed by atoms with van der Waals surface area (Å²) < 4.78 is 0. The highest BCUT2D eigenvalue weighted by Crippen LogP contribution is 2.52. The minimum absolute atomic E-state index is 0.668. The van der Waals surface area contributed by atoms with Gasteiger partial charge in [0.15, 0.2) is 0 Å². The third-order valence-corrected chi connectivity index (χ3v) is 6.38. The lowest BCUT2D eigenvalue weighted by Gasteiger charge is -2.38. The molecule has 2 aliphatic heterocycles. The fourth-order valence-electron chi connectivity index (χ4n) is 5.45. The minimum atomic E-state index is 0.668. The van der Waals surface area contributed by atoms with Crippen LogP contribution in [0.2, 0.25) is 0 Å². The van der Waals surface area contributed by atoms with Gasteiger partial charge in [-0.1, -0.05) is 31.0 Å². The van der Waals surface area contributed by atoms with Crippen LogP contribution in [0, 0.1) is 11.8 Å². The zero-order chi connectivity index (χ0) is 14.0. The maximum atomic E-state index is 3.80. The number of nitrogens with one attached hydrogen (secondary N) is 1. The van der Waals surface area contributed by atoms with E-state index < -0.39 is 0 Å². The van der Waals surface area contributed by atoms with Gasteiger partial charge in [0, 0.05) is 29.2 Å². The first kappa shape index (κ1) is 12.3. The van der Waals surface area contributed by atoms with E-state index in [-0.39, 0.29) is 0 Å². The number of H-pyrrole nitrogens is 1. The molecule has 2 nitrogen and oxygen atoms in total. The van der Waals surface area contributed by atoms with E-state index >= 15 is 0 Å². The molecule has 2 heteroatoms. The number of fused-ring (bicyclic) bond motifs is 7. The molecule has 1 aromatic carbocycles. The standard InChI is InChI=1S/C19H24N2/c1-12-10-16-15-8-4-5-9-17(15)20-18(16)19-14-7-3-2-6-13(14)11-21(12)19/h4-5,8-9,12-14,19-20H,2-3,6-7,10-11H2,1H3. The van der Waals surface area contributed by atoms with Crippen LogP contribution in [-0.4, -0.2) is 22.5 Å². The molecule has 0 radical (unpaired) electrons. The lowest BCUT2D eigenvalue weighted by atomic mass is 9.76. The summed E-state index contributed by atoms with van der Waals surface area (Å²) in [7, 11) is 0. The summed E-state index contributed by atoms with van der Waals surface area (Å²) in [6.07, 6.45) is 7.01. The summed E-state index contributed by atoms with van der Waals surface area (Å²) in [5.41, 5.74) is 4.52. The third kappa shape index (κ3) is 1.63. The van der Waals surface area contributed by atoms with Crippen LogP contribution in [0.3, 0.4) is 0 Å². The van der Waals surface area contributed by atoms with Gasteiger partial charge in [-0.25, -0.2) is 0 Å². The van der Waals surface area contributed by atoms with Crippen LogP contribution < -0.4 is 0 Å². The van der Waals surface area contributed by atoms with Gasteiger partial charge in [0.05, 0.1) is 6.04 Å². The second kappa shape index (κ2) is 4.36. The Labute approximate surface area is 126 Å². The van der Waals surface area contributed by atoms with E-state index in [9.17, 15) is 0 Å². The molecule has 3 heterocycles. The third-order valence-electron chi connectivity index (χ3n) is 6.38. The normalized spacial score (nSPS) is 35.5. The van der Waals surface area contributed by atoms with Gasteiger partial charge in [0.1, 0.15) is 0 Å². The second-order valence-corrected chi connectivity index (χ2v) is 7.47. The largest absolute Gasteiger partial charge is 0.357 e. The van der Waals surface area contributed by atoms with Crippen LogP contribution in [0.15, 0.2) is 24.3 Å². The first-order valence-corrected chi connectivity index (χ1v) is 8.68. The van der Waals surface area contributed by atoms with E-state index in [1.54, 1.807) is 11.3 Å². The van der Waals surface area contributed by atoms with Crippen LogP contribution >= 0.6 is 0 Å². The quantitative estimate of drug-likeness (QED) is 0.763. The Morgan fingerprint density at radius 2 is 2.00 bits per heavy atom. The molecule has 2 fully saturated rings. The Morgan fingerprint density at radius 3 is 2.95 bits per heavy atom. The maximum Gasteiger partial charge on any atom is 0.0535 e. The molecule has 4 atom stereocenters. The molecule has 5 rings (SSSR count). The predicted molar refractivity (Wildman–Crippen MR) is 86.4 cm³/mol. The second-order valence-electron chi connectivity index (χ2n) is 7.47. The van der Waals surface area contributed by atoms with Gasteiger partial charge in [0.25, 0.3) is 0 Å². The van der Waals surface area contributed by atoms with Gasteiger partial charge in [-0.05, 0) is 49.7 Å². The summed E-state index contributed by atoms with van der Waals surface area (Å²) in [4.78, 5) is 6.62. The van der Waals surface area contributed by atoms with Crippen LogP contribution in [0.4, 0.5) is 0 Å². The van der Waals surface area contributed by atoms with Crippen molar-refractivity contribution in [3.8, 4) is 0 Å². The van der Waals surface area contributed by atoms with E-state index in [1.165, 1.54) is 49.6 Å². The van der Waals surface area contributed by atoms with Gasteiger partial charge in [-0.3, -0.25) is 4.90 Å². The highest BCUT2D eigenvalue weighted by atomic mass is 15.2. The molecule has 110 valence electrons. The van der Waals surface area contributed by atoms with Crippen molar-refractivity contribution >= 4 is 10.9 Å². The van der Waals surface area contributed by atoms with Crippen molar-refractivity contribution in [1.29, 1.82) is 0 Å². The fourth-order valence-corrected chi connectivity index (χ4v) is 5.45. The van der Waals surface area contributed by atoms with Crippen molar-refractivity contribution in [2.45, 2.75) is 51.1 Å². The number of nitrogens with zero attached hydrogens (tertiary/aromatic N) is 1. The van der Waals surface area contributed by atoms with Crippen LogP contribution in [0.5, 0.6) is 0 Å². The number of aromatic nitrogens is 1. The Bertz CT molecular complexity index is 686. The smallest absolute Gasteiger partial charge is 0.0535 e. The molecule has 1 saturated heterocycles. The summed E-state index contributed by atoms with van der Waals surface area (Å²) >= 11 is 0. The molecule has 21 heavy (non-hydrogen) atoms. The number of para-hydroxylation sites is 1. The van der Waals surface area contributed by atoms with Crippen molar-refractivity contribution in [1.82, 2.24) is 9.88 Å². The van der Waals surface area contributed by atoms with Crippen molar-refractivity contribution in [2.24, 2.45) is 11.8 Å². The van der Waals surface area contributed by atoms with E-state index in [2.05, 4.69) is 41.1 Å². The van der Waals surface area contributed by atoms with E-state index in [1.807, 2.05) is 0 Å². The fraction of sp³-hybridized carbons (Fsp3) is 0.579. The van der Waals surface area contributed by atoms with Gasteiger partial charge in [-0.15, -0.1) is 0 Å². The lowest BCUT2D eigenvalue weighted by Crippen LogP contribution is -2.39. The molecule has 1 saturated carbocycles. The Balaban J connectivity index is 1.68. The molecule has 0 spiro atoms. The van der Waals surface area contributed by atoms with E-state index in [4.69, 9.17) is 0 Å². The molecular formula is C19H24N2. The summed E-state index contributed by atoms with van der Waals surface area (Å²) in [5.74, 6) is 1.84. The molecular weight excluding hydrogens is 256 g/mol. The number of hydrogen-bond acceptors (Lipinski definition) is 1. The number of benzene rings is 1. The predicted octanol–water partition coefficient (Wildman–Crippen LogP) is 4.28. The summed E-state index contributed by atoms with van der Waals surface area (Å²) in [5, 5.41) is 1.47. The summed E-state index contributed by atoms with van der Waals surface area (Å²) in [6.45, 7) is 3.78. The molecule has 0 amide bonds. The van der Waals surface area contributed by atoms with E-state index in [0.29, 0.717) is 12.1 Å². The van der Waals surface area contributed by atoms with Gasteiger partial charge in [0.2, 0.25) is 0 Å². The van der Waals surface area contributed by atoms with Crippen LogP contribution in [-0.2, 0) is 6.42 Å². The maximum absolute atomic E-state index is 3.80. The summed E-state index contributed by atoms with van der Waals surface area (Å²) in [6, 6.07) is 10.3. The Kier molecular flexibility index (Phi) is 2.55. The van der Waals surface area contributed by atoms with E-state index in [0.717, 1.165) is 11.8 Å². The SMILES string of the molecule is CC1Cc2c([nH]c3ccccc23)C2C3CCCCC3CN12. The Morgan fingerprint density at radius 1 is 1.14 bits per heavy atom. The molecule has 4 unspecified atom stereocenters. The molecule has 1 N–H and O–H groups in total. The highest BCUT2D eigenvalue weighted by Gasteiger charge is 2.48. The van der Waals surface area contributed by atoms with Crippen molar-refractivity contribution < 1.29 is 0 Å². The number of aromatic amines is 1.